The zero-order valence-corrected chi connectivity index (χ0v) is 15.2. The highest BCUT2D eigenvalue weighted by molar-refractivity contribution is 5.79. The largest absolute Gasteiger partial charge is 0.493 e. The van der Waals surface area contributed by atoms with E-state index in [0.717, 1.165) is 22.6 Å². The summed E-state index contributed by atoms with van der Waals surface area (Å²) in [7, 11) is 4.99. The molecule has 2 aromatic carbocycles. The van der Waals surface area contributed by atoms with Crippen LogP contribution in [0.5, 0.6) is 23.0 Å². The molecule has 0 spiro atoms. The van der Waals surface area contributed by atoms with Gasteiger partial charge in [-0.05, 0) is 23.8 Å². The molecule has 0 fully saturated rings. The summed E-state index contributed by atoms with van der Waals surface area (Å²) in [6.07, 6.45) is 0. The molecule has 0 atom stereocenters. The Labute approximate surface area is 152 Å². The molecule has 2 aromatic rings. The highest BCUT2D eigenvalue weighted by Crippen LogP contribution is 2.32. The van der Waals surface area contributed by atoms with E-state index in [-0.39, 0.29) is 6.79 Å². The van der Waals surface area contributed by atoms with Crippen LogP contribution in [0.15, 0.2) is 41.4 Å². The maximum atomic E-state index is 5.45. The standard InChI is InChI=1S/C19H23N3O4/c1-20-19(21-10-13-7-8-15-17(9-13)26-12-25-15)22-11-14-5-4-6-16(23-2)18(14)24-3/h4-9H,10-12H2,1-3H3,(H2,20,21,22). The molecule has 7 nitrogen and oxygen atoms in total. The van der Waals surface area contributed by atoms with Crippen molar-refractivity contribution in [2.45, 2.75) is 13.1 Å². The highest BCUT2D eigenvalue weighted by Gasteiger charge is 2.13. The highest BCUT2D eigenvalue weighted by atomic mass is 16.7. The first-order chi connectivity index (χ1) is 12.7. The van der Waals surface area contributed by atoms with E-state index in [1.54, 1.807) is 21.3 Å². The van der Waals surface area contributed by atoms with E-state index in [0.29, 0.717) is 30.5 Å². The summed E-state index contributed by atoms with van der Waals surface area (Å²) in [4.78, 5) is 4.26. The molecule has 2 N–H and O–H groups in total. The van der Waals surface area contributed by atoms with Crippen molar-refractivity contribution >= 4 is 5.96 Å². The van der Waals surface area contributed by atoms with Crippen LogP contribution in [0.25, 0.3) is 0 Å². The van der Waals surface area contributed by atoms with Gasteiger partial charge in [0.25, 0.3) is 0 Å². The van der Waals surface area contributed by atoms with Gasteiger partial charge in [0.15, 0.2) is 29.0 Å². The smallest absolute Gasteiger partial charge is 0.231 e. The molecule has 1 aliphatic rings. The molecule has 7 heteroatoms. The maximum Gasteiger partial charge on any atom is 0.231 e. The first-order valence-corrected chi connectivity index (χ1v) is 8.28. The summed E-state index contributed by atoms with van der Waals surface area (Å²) in [6.45, 7) is 1.45. The number of rotatable bonds is 6. The Morgan fingerprint density at radius 1 is 1.04 bits per heavy atom. The van der Waals surface area contributed by atoms with E-state index in [1.165, 1.54) is 0 Å². The third-order valence-electron chi connectivity index (χ3n) is 4.05. The van der Waals surface area contributed by atoms with Crippen molar-refractivity contribution in [2.24, 2.45) is 4.99 Å². The van der Waals surface area contributed by atoms with E-state index < -0.39 is 0 Å². The average Bonchev–Trinajstić information content (AvgIpc) is 3.15. The number of hydrogen-bond donors (Lipinski definition) is 2. The van der Waals surface area contributed by atoms with Gasteiger partial charge in [0.2, 0.25) is 6.79 Å². The third-order valence-corrected chi connectivity index (χ3v) is 4.05. The van der Waals surface area contributed by atoms with Crippen LogP contribution in [0, 0.1) is 0 Å². The van der Waals surface area contributed by atoms with Gasteiger partial charge < -0.3 is 29.6 Å². The summed E-state index contributed by atoms with van der Waals surface area (Å²) >= 11 is 0. The van der Waals surface area contributed by atoms with Crippen LogP contribution < -0.4 is 29.6 Å². The molecule has 0 aromatic heterocycles. The fourth-order valence-corrected chi connectivity index (χ4v) is 2.73. The fourth-order valence-electron chi connectivity index (χ4n) is 2.73. The number of fused-ring (bicyclic) bond motifs is 1. The number of nitrogens with zero attached hydrogens (tertiary/aromatic N) is 1. The Morgan fingerprint density at radius 2 is 1.85 bits per heavy atom. The molecule has 0 amide bonds. The number of hydrogen-bond acceptors (Lipinski definition) is 5. The van der Waals surface area contributed by atoms with Gasteiger partial charge in [-0.1, -0.05) is 18.2 Å². The van der Waals surface area contributed by atoms with Crippen LogP contribution in [0.4, 0.5) is 0 Å². The van der Waals surface area contributed by atoms with Gasteiger partial charge in [0.05, 0.1) is 14.2 Å². The predicted molar refractivity (Wildman–Crippen MR) is 99.1 cm³/mol. The zero-order valence-electron chi connectivity index (χ0n) is 15.2. The van der Waals surface area contributed by atoms with E-state index in [1.807, 2.05) is 36.4 Å². The van der Waals surface area contributed by atoms with E-state index in [9.17, 15) is 0 Å². The van der Waals surface area contributed by atoms with Gasteiger partial charge in [-0.15, -0.1) is 0 Å². The van der Waals surface area contributed by atoms with Gasteiger partial charge in [0.1, 0.15) is 0 Å². The molecule has 26 heavy (non-hydrogen) atoms. The fraction of sp³-hybridized carbons (Fsp3) is 0.316. The molecular weight excluding hydrogens is 334 g/mol. The lowest BCUT2D eigenvalue weighted by Crippen LogP contribution is -2.36. The molecule has 0 radical (unpaired) electrons. The number of nitrogens with one attached hydrogen (secondary N) is 2. The molecule has 0 bridgehead atoms. The van der Waals surface area contributed by atoms with Crippen molar-refractivity contribution in [3.63, 3.8) is 0 Å². The van der Waals surface area contributed by atoms with E-state index >= 15 is 0 Å². The lowest BCUT2D eigenvalue weighted by Gasteiger charge is -2.15. The van der Waals surface area contributed by atoms with Crippen molar-refractivity contribution in [1.82, 2.24) is 10.6 Å². The molecule has 1 aliphatic heterocycles. The number of guanidine groups is 1. The zero-order chi connectivity index (χ0) is 18.4. The maximum absolute atomic E-state index is 5.45. The van der Waals surface area contributed by atoms with Crippen molar-refractivity contribution in [1.29, 1.82) is 0 Å². The van der Waals surface area contributed by atoms with Gasteiger partial charge in [-0.3, -0.25) is 4.99 Å². The van der Waals surface area contributed by atoms with Crippen LogP contribution in [-0.2, 0) is 13.1 Å². The topological polar surface area (TPSA) is 73.3 Å². The number of methoxy groups -OCH3 is 2. The van der Waals surface area contributed by atoms with Gasteiger partial charge in [0, 0.05) is 25.7 Å². The molecule has 0 unspecified atom stereocenters. The normalized spacial score (nSPS) is 12.7. The van der Waals surface area contributed by atoms with Crippen LogP contribution in [0.3, 0.4) is 0 Å². The van der Waals surface area contributed by atoms with Gasteiger partial charge in [-0.2, -0.15) is 0 Å². The minimum Gasteiger partial charge on any atom is -0.493 e. The second kappa shape index (κ2) is 8.33. The molecule has 138 valence electrons. The summed E-state index contributed by atoms with van der Waals surface area (Å²) < 4.78 is 21.5. The van der Waals surface area contributed by atoms with Crippen LogP contribution in [0.1, 0.15) is 11.1 Å². The Bertz CT molecular complexity index is 792. The van der Waals surface area contributed by atoms with Crippen molar-refractivity contribution in [3.05, 3.63) is 47.5 Å². The van der Waals surface area contributed by atoms with Crippen molar-refractivity contribution in [2.75, 3.05) is 28.1 Å². The first kappa shape index (κ1) is 17.7. The van der Waals surface area contributed by atoms with E-state index in [4.69, 9.17) is 18.9 Å². The Hall–Kier alpha value is -3.09. The molecule has 0 aliphatic carbocycles. The van der Waals surface area contributed by atoms with Crippen LogP contribution >= 0.6 is 0 Å². The van der Waals surface area contributed by atoms with Crippen LogP contribution in [0.2, 0.25) is 0 Å². The minimum absolute atomic E-state index is 0.276. The lowest BCUT2D eigenvalue weighted by molar-refractivity contribution is 0.174. The molecule has 1 heterocycles. The molecule has 0 saturated heterocycles. The van der Waals surface area contributed by atoms with Gasteiger partial charge in [-0.25, -0.2) is 0 Å². The lowest BCUT2D eigenvalue weighted by atomic mass is 10.2. The van der Waals surface area contributed by atoms with Gasteiger partial charge >= 0.3 is 0 Å². The summed E-state index contributed by atoms with van der Waals surface area (Å²) in [5.41, 5.74) is 2.06. The number of benzene rings is 2. The third kappa shape index (κ3) is 3.93. The van der Waals surface area contributed by atoms with Crippen molar-refractivity contribution < 1.29 is 18.9 Å². The Balaban J connectivity index is 1.59. The predicted octanol–water partition coefficient (Wildman–Crippen LogP) is 2.30. The molecule has 3 rings (SSSR count). The number of aliphatic imine (C=N–C) groups is 1. The number of ether oxygens (including phenoxy) is 4. The van der Waals surface area contributed by atoms with Crippen molar-refractivity contribution in [3.8, 4) is 23.0 Å². The Kier molecular flexibility index (Phi) is 5.68. The Morgan fingerprint density at radius 3 is 2.62 bits per heavy atom. The number of para-hydroxylation sites is 1. The molecular formula is C19H23N3O4. The monoisotopic (exact) mass is 357 g/mol. The summed E-state index contributed by atoms with van der Waals surface area (Å²) in [5.74, 6) is 3.66. The first-order valence-electron chi connectivity index (χ1n) is 8.28. The second-order valence-corrected chi connectivity index (χ2v) is 5.62. The second-order valence-electron chi connectivity index (χ2n) is 5.62. The summed E-state index contributed by atoms with van der Waals surface area (Å²) in [6, 6.07) is 11.7. The summed E-state index contributed by atoms with van der Waals surface area (Å²) in [5, 5.41) is 6.57. The SMILES string of the molecule is CN=C(NCc1ccc2c(c1)OCO2)NCc1cccc(OC)c1OC. The average molecular weight is 357 g/mol. The molecule has 0 saturated carbocycles. The quantitative estimate of drug-likeness (QED) is 0.610. The van der Waals surface area contributed by atoms with Crippen LogP contribution in [-0.4, -0.2) is 34.0 Å². The minimum atomic E-state index is 0.276. The van der Waals surface area contributed by atoms with E-state index in [2.05, 4.69) is 15.6 Å².